The smallest absolute Gasteiger partial charge is 0.306 e. The van der Waals surface area contributed by atoms with Gasteiger partial charge in [0.05, 0.1) is 13.0 Å². The molecule has 0 aromatic carbocycles. The van der Waals surface area contributed by atoms with Gasteiger partial charge in [-0.25, -0.2) is 0 Å². The van der Waals surface area contributed by atoms with E-state index in [0.29, 0.717) is 0 Å². The van der Waals surface area contributed by atoms with Crippen LogP contribution in [-0.4, -0.2) is 68.1 Å². The van der Waals surface area contributed by atoms with Crippen LogP contribution in [0.2, 0.25) is 0 Å². The van der Waals surface area contributed by atoms with Gasteiger partial charge in [-0.3, -0.25) is 14.4 Å². The van der Waals surface area contributed by atoms with Gasteiger partial charge < -0.3 is 28.5 Å². The summed E-state index contributed by atoms with van der Waals surface area (Å²) in [5, 5.41) is 3.40. The molecule has 12 heteroatoms. The number of rotatable bonds is 9. The first kappa shape index (κ1) is 23.3. The summed E-state index contributed by atoms with van der Waals surface area (Å²) in [6, 6.07) is 0. The molecule has 0 aromatic rings. The molecule has 0 radical (unpaired) electrons. The van der Waals surface area contributed by atoms with Crippen molar-refractivity contribution in [3.05, 3.63) is 10.4 Å². The van der Waals surface area contributed by atoms with Gasteiger partial charge in [0, 0.05) is 32.3 Å². The highest BCUT2D eigenvalue weighted by molar-refractivity contribution is 5.81. The maximum absolute atomic E-state index is 12.1. The molecule has 1 aliphatic heterocycles. The Hall–Kier alpha value is -2.69. The van der Waals surface area contributed by atoms with Crippen molar-refractivity contribution in [2.75, 3.05) is 13.7 Å². The molecule has 5 atom stereocenters. The van der Waals surface area contributed by atoms with Crippen LogP contribution in [0.4, 0.5) is 0 Å². The van der Waals surface area contributed by atoms with E-state index in [4.69, 9.17) is 29.2 Å². The monoisotopic (exact) mass is 401 g/mol. The van der Waals surface area contributed by atoms with Crippen molar-refractivity contribution in [3.8, 4) is 0 Å². The van der Waals surface area contributed by atoms with Crippen molar-refractivity contribution in [1.29, 1.82) is 0 Å². The molecule has 1 aliphatic rings. The Morgan fingerprint density at radius 3 is 2.07 bits per heavy atom. The number of azide groups is 1. The zero-order valence-corrected chi connectivity index (χ0v) is 16.0. The molecular weight excluding hydrogens is 378 g/mol. The Bertz CT molecular complexity index is 647. The highest BCUT2D eigenvalue weighted by Crippen LogP contribution is 2.29. The van der Waals surface area contributed by atoms with Gasteiger partial charge in [0.15, 0.2) is 24.6 Å². The van der Waals surface area contributed by atoms with E-state index in [1.165, 1.54) is 14.0 Å². The number of hydrogen-bond donors (Lipinski definition) is 0. The topological polar surface area (TPSA) is 163 Å². The molecular formula is C16H23N3O9. The van der Waals surface area contributed by atoms with Gasteiger partial charge in [-0.2, -0.15) is 0 Å². The number of hydrogen-bond acceptors (Lipinski definition) is 10. The standard InChI is InChI=1S/C16H23N3O9/c1-8(20)5-6-12(23)28-13-11(7-18-19-17)27-16(24-4)15(26-10(3)22)14(13)25-9(2)21/h11,13-16H,5-7H2,1-4H3/t11-,13-,14+,15-,16+/m1/s1. The lowest BCUT2D eigenvalue weighted by molar-refractivity contribution is -0.296. The normalized spacial score (nSPS) is 26.5. The number of methoxy groups -OCH3 is 1. The molecule has 156 valence electrons. The van der Waals surface area contributed by atoms with Gasteiger partial charge in [0.2, 0.25) is 0 Å². The number of ether oxygens (including phenoxy) is 5. The highest BCUT2D eigenvalue weighted by Gasteiger charge is 2.52. The van der Waals surface area contributed by atoms with Crippen LogP contribution in [0, 0.1) is 0 Å². The van der Waals surface area contributed by atoms with Crippen LogP contribution in [0.5, 0.6) is 0 Å². The number of Topliss-reactive ketones (excluding diaryl/α,β-unsaturated/α-hetero) is 1. The average molecular weight is 401 g/mol. The number of nitrogens with zero attached hydrogens (tertiary/aromatic N) is 3. The molecule has 0 saturated carbocycles. The number of ketones is 1. The molecule has 0 spiro atoms. The van der Waals surface area contributed by atoms with Crippen LogP contribution in [0.1, 0.15) is 33.6 Å². The van der Waals surface area contributed by atoms with E-state index in [2.05, 4.69) is 10.0 Å². The molecule has 0 amide bonds. The molecule has 0 bridgehead atoms. The lowest BCUT2D eigenvalue weighted by Crippen LogP contribution is -2.62. The fraction of sp³-hybridized carbons (Fsp3) is 0.750. The van der Waals surface area contributed by atoms with Gasteiger partial charge in [0.1, 0.15) is 11.9 Å². The molecule has 0 aromatic heterocycles. The summed E-state index contributed by atoms with van der Waals surface area (Å²) in [5.74, 6) is -2.41. The van der Waals surface area contributed by atoms with E-state index < -0.39 is 48.6 Å². The number of esters is 3. The van der Waals surface area contributed by atoms with Crippen molar-refractivity contribution in [2.45, 2.75) is 64.3 Å². The summed E-state index contributed by atoms with van der Waals surface area (Å²) in [7, 11) is 1.27. The van der Waals surface area contributed by atoms with Crippen LogP contribution < -0.4 is 0 Å². The van der Waals surface area contributed by atoms with E-state index in [-0.39, 0.29) is 25.2 Å². The predicted octanol–water partition coefficient (Wildman–Crippen LogP) is 0.812. The second kappa shape index (κ2) is 11.2. The quantitative estimate of drug-likeness (QED) is 0.179. The van der Waals surface area contributed by atoms with Crippen LogP contribution >= 0.6 is 0 Å². The summed E-state index contributed by atoms with van der Waals surface area (Å²) < 4.78 is 26.5. The van der Waals surface area contributed by atoms with Crippen LogP contribution in [-0.2, 0) is 42.9 Å². The highest BCUT2D eigenvalue weighted by atomic mass is 16.7. The molecule has 1 rings (SSSR count). The van der Waals surface area contributed by atoms with Gasteiger partial charge >= 0.3 is 17.9 Å². The second-order valence-electron chi connectivity index (χ2n) is 6.00. The molecule has 28 heavy (non-hydrogen) atoms. The zero-order valence-electron chi connectivity index (χ0n) is 16.0. The summed E-state index contributed by atoms with van der Waals surface area (Å²) in [6.45, 7) is 3.31. The summed E-state index contributed by atoms with van der Waals surface area (Å²) in [4.78, 5) is 48.9. The average Bonchev–Trinajstić information content (AvgIpc) is 2.61. The molecule has 1 heterocycles. The fourth-order valence-corrected chi connectivity index (χ4v) is 2.61. The Kier molecular flexibility index (Phi) is 9.36. The predicted molar refractivity (Wildman–Crippen MR) is 90.6 cm³/mol. The van der Waals surface area contributed by atoms with Gasteiger partial charge in [0.25, 0.3) is 0 Å². The van der Waals surface area contributed by atoms with Gasteiger partial charge in [-0.15, -0.1) is 0 Å². The summed E-state index contributed by atoms with van der Waals surface area (Å²) in [6.07, 6.45) is -6.24. The second-order valence-corrected chi connectivity index (χ2v) is 6.00. The first-order valence-electron chi connectivity index (χ1n) is 8.42. The third-order valence-corrected chi connectivity index (χ3v) is 3.70. The molecule has 12 nitrogen and oxygen atoms in total. The summed E-state index contributed by atoms with van der Waals surface area (Å²) in [5.41, 5.74) is 8.59. The molecule has 1 saturated heterocycles. The van der Waals surface area contributed by atoms with Crippen molar-refractivity contribution >= 4 is 23.7 Å². The Morgan fingerprint density at radius 2 is 1.57 bits per heavy atom. The molecule has 1 fully saturated rings. The number of carbonyl (C=O) groups is 4. The van der Waals surface area contributed by atoms with E-state index in [0.717, 1.165) is 13.8 Å². The van der Waals surface area contributed by atoms with Crippen molar-refractivity contribution in [3.63, 3.8) is 0 Å². The number of carbonyl (C=O) groups excluding carboxylic acids is 4. The third kappa shape index (κ3) is 7.14. The van der Waals surface area contributed by atoms with Crippen LogP contribution in [0.15, 0.2) is 5.11 Å². The third-order valence-electron chi connectivity index (χ3n) is 3.70. The zero-order chi connectivity index (χ0) is 21.3. The van der Waals surface area contributed by atoms with E-state index >= 15 is 0 Å². The van der Waals surface area contributed by atoms with Crippen LogP contribution in [0.25, 0.3) is 10.4 Å². The van der Waals surface area contributed by atoms with E-state index in [1.54, 1.807) is 0 Å². The Morgan fingerprint density at radius 1 is 0.964 bits per heavy atom. The van der Waals surface area contributed by atoms with Crippen molar-refractivity contribution in [1.82, 2.24) is 0 Å². The molecule has 0 aliphatic carbocycles. The fourth-order valence-electron chi connectivity index (χ4n) is 2.61. The largest absolute Gasteiger partial charge is 0.455 e. The Balaban J connectivity index is 3.20. The van der Waals surface area contributed by atoms with Gasteiger partial charge in [-0.05, 0) is 12.5 Å². The SMILES string of the molecule is CO[C@H]1O[C@H](CN=[N+]=[N-])[C@@H](OC(=O)CCC(C)=O)[C@H](OC(C)=O)[C@H]1OC(C)=O. The Labute approximate surface area is 161 Å². The maximum atomic E-state index is 12.1. The van der Waals surface area contributed by atoms with Crippen LogP contribution in [0.3, 0.4) is 0 Å². The minimum Gasteiger partial charge on any atom is -0.455 e. The van der Waals surface area contributed by atoms with E-state index in [9.17, 15) is 19.2 Å². The first-order chi connectivity index (χ1) is 13.2. The van der Waals surface area contributed by atoms with Crippen molar-refractivity contribution < 1.29 is 42.9 Å². The minimum atomic E-state index is -1.28. The van der Waals surface area contributed by atoms with Gasteiger partial charge in [-0.1, -0.05) is 5.11 Å². The summed E-state index contributed by atoms with van der Waals surface area (Å²) >= 11 is 0. The molecule has 0 unspecified atom stereocenters. The maximum Gasteiger partial charge on any atom is 0.306 e. The lowest BCUT2D eigenvalue weighted by Gasteiger charge is -2.43. The van der Waals surface area contributed by atoms with Crippen molar-refractivity contribution in [2.24, 2.45) is 5.11 Å². The first-order valence-corrected chi connectivity index (χ1v) is 8.42. The minimum absolute atomic E-state index is 0.0419. The lowest BCUT2D eigenvalue weighted by atomic mass is 9.97. The molecule has 0 N–H and O–H groups in total. The van der Waals surface area contributed by atoms with E-state index in [1.807, 2.05) is 0 Å².